The van der Waals surface area contributed by atoms with E-state index >= 15 is 0 Å². The van der Waals surface area contributed by atoms with Crippen LogP contribution in [0.5, 0.6) is 11.5 Å². The Hall–Kier alpha value is -2.34. The number of nitrogens with two attached hydrogens (primary N) is 1. The lowest BCUT2D eigenvalue weighted by atomic mass is 9.87. The number of nitrogens with zero attached hydrogens (tertiary/aromatic N) is 2. The van der Waals surface area contributed by atoms with Gasteiger partial charge in [-0.25, -0.2) is 9.97 Å². The number of nitrogens with one attached hydrogen (secondary N) is 1. The maximum absolute atomic E-state index is 5.85. The molecule has 2 heterocycles. The molecule has 6 heteroatoms. The van der Waals surface area contributed by atoms with Crippen molar-refractivity contribution in [3.63, 3.8) is 0 Å². The number of ether oxygens (including phenoxy) is 1. The normalized spacial score (nSPS) is 15.2. The maximum atomic E-state index is 5.85. The van der Waals surface area contributed by atoms with Crippen LogP contribution in [-0.4, -0.2) is 16.5 Å². The van der Waals surface area contributed by atoms with Crippen molar-refractivity contribution in [2.75, 3.05) is 17.6 Å². The summed E-state index contributed by atoms with van der Waals surface area (Å²) < 4.78 is 6.97. The summed E-state index contributed by atoms with van der Waals surface area (Å²) in [7, 11) is 0. The molecule has 2 aromatic heterocycles. The minimum atomic E-state index is 0.485. The van der Waals surface area contributed by atoms with E-state index in [1.807, 2.05) is 24.3 Å². The van der Waals surface area contributed by atoms with E-state index in [1.165, 1.54) is 38.5 Å². The van der Waals surface area contributed by atoms with Crippen LogP contribution in [-0.2, 0) is 0 Å². The highest BCUT2D eigenvalue weighted by molar-refractivity contribution is 7.22. The Kier molecular flexibility index (Phi) is 5.20. The van der Waals surface area contributed by atoms with Crippen LogP contribution in [0.3, 0.4) is 0 Å². The van der Waals surface area contributed by atoms with Crippen molar-refractivity contribution in [1.29, 1.82) is 0 Å². The van der Waals surface area contributed by atoms with Crippen molar-refractivity contribution in [3.8, 4) is 11.5 Å². The summed E-state index contributed by atoms with van der Waals surface area (Å²) in [6.45, 7) is 1.00. The predicted molar refractivity (Wildman–Crippen MR) is 108 cm³/mol. The second-order valence-corrected chi connectivity index (χ2v) is 7.92. The first-order valence-electron chi connectivity index (χ1n) is 9.30. The first-order chi connectivity index (χ1) is 12.8. The monoisotopic (exact) mass is 368 g/mol. The van der Waals surface area contributed by atoms with E-state index in [9.17, 15) is 0 Å². The van der Waals surface area contributed by atoms with E-state index in [-0.39, 0.29) is 0 Å². The average Bonchev–Trinajstić information content (AvgIpc) is 3.06. The summed E-state index contributed by atoms with van der Waals surface area (Å²) in [6.07, 6.45) is 9.87. The van der Waals surface area contributed by atoms with E-state index in [1.54, 1.807) is 23.6 Å². The Balaban J connectivity index is 1.38. The van der Waals surface area contributed by atoms with Gasteiger partial charge < -0.3 is 15.8 Å². The highest BCUT2D eigenvalue weighted by atomic mass is 32.1. The minimum absolute atomic E-state index is 0.485. The van der Waals surface area contributed by atoms with Crippen LogP contribution < -0.4 is 15.8 Å². The quantitative estimate of drug-likeness (QED) is 0.605. The number of nitrogen functional groups attached to an aromatic ring is 1. The molecule has 1 aromatic carbocycles. The lowest BCUT2D eigenvalue weighted by Crippen LogP contribution is -2.11. The summed E-state index contributed by atoms with van der Waals surface area (Å²) in [6, 6.07) is 9.50. The molecule has 1 aliphatic rings. The van der Waals surface area contributed by atoms with Gasteiger partial charge in [0.15, 0.2) is 5.13 Å². The predicted octanol–water partition coefficient (Wildman–Crippen LogP) is 5.45. The van der Waals surface area contributed by atoms with Crippen molar-refractivity contribution in [2.24, 2.45) is 5.92 Å². The third kappa shape index (κ3) is 4.25. The smallest absolute Gasteiger partial charge is 0.183 e. The molecule has 0 aliphatic heterocycles. The van der Waals surface area contributed by atoms with Gasteiger partial charge in [0.1, 0.15) is 17.3 Å². The van der Waals surface area contributed by atoms with Crippen LogP contribution >= 0.6 is 11.3 Å². The number of rotatable bonds is 6. The SMILES string of the molecule is Nc1ccc(Oc2ccc3nc(NCCC4CCCCC4)sc3c2)cn1. The average molecular weight is 369 g/mol. The molecule has 0 bridgehead atoms. The fourth-order valence-corrected chi connectivity index (χ4v) is 4.41. The first-order valence-corrected chi connectivity index (χ1v) is 10.1. The fraction of sp³-hybridized carbons (Fsp3) is 0.400. The summed E-state index contributed by atoms with van der Waals surface area (Å²) in [5.74, 6) is 2.83. The van der Waals surface area contributed by atoms with Gasteiger partial charge in [-0.15, -0.1) is 0 Å². The second kappa shape index (κ2) is 7.91. The Labute approximate surface area is 157 Å². The van der Waals surface area contributed by atoms with Gasteiger partial charge in [-0.05, 0) is 36.6 Å². The highest BCUT2D eigenvalue weighted by Crippen LogP contribution is 2.32. The molecule has 0 saturated heterocycles. The van der Waals surface area contributed by atoms with Gasteiger partial charge in [-0.2, -0.15) is 0 Å². The number of thiazole rings is 1. The largest absolute Gasteiger partial charge is 0.456 e. The van der Waals surface area contributed by atoms with Gasteiger partial charge in [0.2, 0.25) is 0 Å². The number of fused-ring (bicyclic) bond motifs is 1. The van der Waals surface area contributed by atoms with Gasteiger partial charge in [-0.1, -0.05) is 43.4 Å². The zero-order valence-electron chi connectivity index (χ0n) is 14.8. The lowest BCUT2D eigenvalue weighted by Gasteiger charge is -2.21. The minimum Gasteiger partial charge on any atom is -0.456 e. The van der Waals surface area contributed by atoms with E-state index in [2.05, 4.69) is 15.3 Å². The molecule has 1 saturated carbocycles. The number of hydrogen-bond donors (Lipinski definition) is 2. The van der Waals surface area contributed by atoms with Crippen LogP contribution in [0.4, 0.5) is 10.9 Å². The zero-order valence-corrected chi connectivity index (χ0v) is 15.6. The topological polar surface area (TPSA) is 73.1 Å². The first kappa shape index (κ1) is 17.1. The second-order valence-electron chi connectivity index (χ2n) is 6.89. The van der Waals surface area contributed by atoms with Crippen molar-refractivity contribution < 1.29 is 4.74 Å². The Morgan fingerprint density at radius 3 is 2.77 bits per heavy atom. The summed E-state index contributed by atoms with van der Waals surface area (Å²) in [5.41, 5.74) is 6.60. The molecule has 0 amide bonds. The van der Waals surface area contributed by atoms with Gasteiger partial charge in [-0.3, -0.25) is 0 Å². The molecule has 0 spiro atoms. The Bertz CT molecular complexity index is 856. The summed E-state index contributed by atoms with van der Waals surface area (Å²) >= 11 is 1.67. The van der Waals surface area contributed by atoms with Crippen molar-refractivity contribution in [2.45, 2.75) is 38.5 Å². The molecule has 0 radical (unpaired) electrons. The van der Waals surface area contributed by atoms with Gasteiger partial charge in [0.05, 0.1) is 16.4 Å². The fourth-order valence-electron chi connectivity index (χ4n) is 3.49. The number of anilines is 2. The lowest BCUT2D eigenvalue weighted by molar-refractivity contribution is 0.345. The molecule has 1 fully saturated rings. The third-order valence-corrected chi connectivity index (χ3v) is 5.88. The highest BCUT2D eigenvalue weighted by Gasteiger charge is 2.13. The van der Waals surface area contributed by atoms with E-state index in [0.29, 0.717) is 11.6 Å². The number of pyridine rings is 1. The van der Waals surface area contributed by atoms with E-state index in [0.717, 1.165) is 33.6 Å². The van der Waals surface area contributed by atoms with Crippen LogP contribution in [0.15, 0.2) is 36.5 Å². The van der Waals surface area contributed by atoms with E-state index < -0.39 is 0 Å². The molecule has 0 atom stereocenters. The number of hydrogen-bond acceptors (Lipinski definition) is 6. The standard InChI is InChI=1S/C20H24N4OS/c21-19-9-7-16(13-23-19)25-15-6-8-17-18(12-15)26-20(24-17)22-11-10-14-4-2-1-3-5-14/h6-9,12-14H,1-5,10-11H2,(H2,21,23)(H,22,24). The van der Waals surface area contributed by atoms with Gasteiger partial charge in [0, 0.05) is 12.6 Å². The molecular formula is C20H24N4OS. The van der Waals surface area contributed by atoms with Crippen LogP contribution in [0.25, 0.3) is 10.2 Å². The maximum Gasteiger partial charge on any atom is 0.183 e. The third-order valence-electron chi connectivity index (χ3n) is 4.91. The summed E-state index contributed by atoms with van der Waals surface area (Å²) in [5, 5.41) is 4.49. The van der Waals surface area contributed by atoms with Crippen molar-refractivity contribution in [1.82, 2.24) is 9.97 Å². The van der Waals surface area contributed by atoms with Crippen molar-refractivity contribution >= 4 is 32.5 Å². The molecule has 0 unspecified atom stereocenters. The Morgan fingerprint density at radius 1 is 1.12 bits per heavy atom. The molecule has 136 valence electrons. The summed E-state index contributed by atoms with van der Waals surface area (Å²) in [4.78, 5) is 8.73. The number of aromatic nitrogens is 2. The van der Waals surface area contributed by atoms with E-state index in [4.69, 9.17) is 10.5 Å². The Morgan fingerprint density at radius 2 is 1.96 bits per heavy atom. The van der Waals surface area contributed by atoms with Gasteiger partial charge in [0.25, 0.3) is 0 Å². The van der Waals surface area contributed by atoms with Crippen LogP contribution in [0.1, 0.15) is 38.5 Å². The van der Waals surface area contributed by atoms with Crippen molar-refractivity contribution in [3.05, 3.63) is 36.5 Å². The number of benzene rings is 1. The molecular weight excluding hydrogens is 344 g/mol. The van der Waals surface area contributed by atoms with Crippen LogP contribution in [0, 0.1) is 5.92 Å². The molecule has 5 nitrogen and oxygen atoms in total. The molecule has 3 aromatic rings. The molecule has 1 aliphatic carbocycles. The zero-order chi connectivity index (χ0) is 17.8. The molecule has 4 rings (SSSR count). The molecule has 26 heavy (non-hydrogen) atoms. The molecule has 3 N–H and O–H groups in total. The van der Waals surface area contributed by atoms with Crippen LogP contribution in [0.2, 0.25) is 0 Å². The van der Waals surface area contributed by atoms with Gasteiger partial charge >= 0.3 is 0 Å².